The lowest BCUT2D eigenvalue weighted by molar-refractivity contribution is -0.144. The number of ether oxygens (including phenoxy) is 1. The van der Waals surface area contributed by atoms with E-state index in [1.807, 2.05) is 0 Å². The first kappa shape index (κ1) is 16.6. The van der Waals surface area contributed by atoms with Gasteiger partial charge in [-0.3, -0.25) is 14.4 Å². The van der Waals surface area contributed by atoms with E-state index in [9.17, 15) is 14.4 Å². The minimum Gasteiger partial charge on any atom is -0.383 e. The van der Waals surface area contributed by atoms with Gasteiger partial charge in [0.15, 0.2) is 0 Å². The molecule has 1 fully saturated rings. The van der Waals surface area contributed by atoms with Gasteiger partial charge >= 0.3 is 0 Å². The minimum absolute atomic E-state index is 0.0128. The van der Waals surface area contributed by atoms with Gasteiger partial charge in [0.25, 0.3) is 5.56 Å². The van der Waals surface area contributed by atoms with Crippen LogP contribution in [0.2, 0.25) is 0 Å². The smallest absolute Gasteiger partial charge is 0.255 e. The molecule has 1 aromatic heterocycles. The van der Waals surface area contributed by atoms with Gasteiger partial charge in [-0.25, -0.2) is 4.98 Å². The zero-order valence-corrected chi connectivity index (χ0v) is 13.8. The van der Waals surface area contributed by atoms with Crippen molar-refractivity contribution >= 4 is 11.8 Å². The van der Waals surface area contributed by atoms with Crippen molar-refractivity contribution in [1.82, 2.24) is 19.8 Å². The van der Waals surface area contributed by atoms with Crippen LogP contribution in [0, 0.1) is 5.92 Å². The van der Waals surface area contributed by atoms with Crippen LogP contribution in [0.3, 0.4) is 0 Å². The topological polar surface area (TPSA) is 95.6 Å². The van der Waals surface area contributed by atoms with Crippen molar-refractivity contribution in [2.75, 3.05) is 33.4 Å². The molecule has 0 aromatic carbocycles. The van der Waals surface area contributed by atoms with E-state index >= 15 is 0 Å². The van der Waals surface area contributed by atoms with Crippen molar-refractivity contribution in [3.05, 3.63) is 27.9 Å². The first-order valence-electron chi connectivity index (χ1n) is 8.21. The number of hydrogen-bond acceptors (Lipinski definition) is 5. The largest absolute Gasteiger partial charge is 0.383 e. The van der Waals surface area contributed by atoms with Crippen LogP contribution < -0.4 is 5.56 Å². The third kappa shape index (κ3) is 3.33. The van der Waals surface area contributed by atoms with Crippen LogP contribution in [-0.2, 0) is 27.3 Å². The molecule has 0 bridgehead atoms. The number of rotatable bonds is 4. The number of methoxy groups -OCH3 is 1. The molecule has 1 saturated heterocycles. The molecule has 8 nitrogen and oxygen atoms in total. The summed E-state index contributed by atoms with van der Waals surface area (Å²) in [4.78, 5) is 46.8. The Bertz CT molecular complexity index is 687. The van der Waals surface area contributed by atoms with Crippen LogP contribution >= 0.6 is 0 Å². The van der Waals surface area contributed by atoms with Crippen molar-refractivity contribution in [2.24, 2.45) is 5.92 Å². The number of H-pyrrole nitrogens is 1. The van der Waals surface area contributed by atoms with Gasteiger partial charge in [0, 0.05) is 39.6 Å². The highest BCUT2D eigenvalue weighted by atomic mass is 16.5. The van der Waals surface area contributed by atoms with E-state index in [-0.39, 0.29) is 23.3 Å². The van der Waals surface area contributed by atoms with E-state index in [0.29, 0.717) is 57.6 Å². The van der Waals surface area contributed by atoms with Crippen molar-refractivity contribution in [3.63, 3.8) is 0 Å². The van der Waals surface area contributed by atoms with Crippen LogP contribution in [0.15, 0.2) is 11.1 Å². The number of likely N-dealkylation sites (tertiary alicyclic amines) is 1. The Morgan fingerprint density at radius 2 is 2.25 bits per heavy atom. The Morgan fingerprint density at radius 3 is 3.04 bits per heavy atom. The van der Waals surface area contributed by atoms with E-state index in [4.69, 9.17) is 4.74 Å². The first-order valence-corrected chi connectivity index (χ1v) is 8.21. The summed E-state index contributed by atoms with van der Waals surface area (Å²) >= 11 is 0. The summed E-state index contributed by atoms with van der Waals surface area (Å²) in [5.41, 5.74) is 1.15. The Labute approximate surface area is 139 Å². The average molecular weight is 334 g/mol. The Balaban J connectivity index is 1.67. The van der Waals surface area contributed by atoms with E-state index in [1.165, 1.54) is 6.33 Å². The molecule has 1 atom stereocenters. The maximum atomic E-state index is 12.8. The maximum absolute atomic E-state index is 12.8. The first-order chi connectivity index (χ1) is 11.6. The average Bonchev–Trinajstić information content (AvgIpc) is 2.60. The number of amides is 2. The molecule has 1 aromatic rings. The second kappa shape index (κ2) is 7.12. The van der Waals surface area contributed by atoms with Gasteiger partial charge in [0.05, 0.1) is 36.7 Å². The highest BCUT2D eigenvalue weighted by molar-refractivity contribution is 5.84. The van der Waals surface area contributed by atoms with Gasteiger partial charge in [0.1, 0.15) is 0 Å². The lowest BCUT2D eigenvalue weighted by atomic mass is 9.94. The van der Waals surface area contributed by atoms with Crippen LogP contribution in [-0.4, -0.2) is 64.9 Å². The molecular formula is C16H22N4O4. The van der Waals surface area contributed by atoms with Gasteiger partial charge in [-0.05, 0) is 6.42 Å². The molecular weight excluding hydrogens is 312 g/mol. The Morgan fingerprint density at radius 1 is 1.42 bits per heavy atom. The number of nitrogens with one attached hydrogen (secondary N) is 1. The fourth-order valence-electron chi connectivity index (χ4n) is 3.33. The summed E-state index contributed by atoms with van der Waals surface area (Å²) in [6.07, 6.45) is 2.93. The van der Waals surface area contributed by atoms with E-state index in [1.54, 1.807) is 16.9 Å². The Kier molecular flexibility index (Phi) is 4.94. The third-order valence-electron chi connectivity index (χ3n) is 4.73. The van der Waals surface area contributed by atoms with Gasteiger partial charge in [-0.1, -0.05) is 0 Å². The highest BCUT2D eigenvalue weighted by Crippen LogP contribution is 2.22. The monoisotopic (exact) mass is 334 g/mol. The predicted octanol–water partition coefficient (Wildman–Crippen LogP) is -0.460. The third-order valence-corrected chi connectivity index (χ3v) is 4.73. The predicted molar refractivity (Wildman–Crippen MR) is 85.2 cm³/mol. The summed E-state index contributed by atoms with van der Waals surface area (Å²) < 4.78 is 5.02. The molecule has 1 N–H and O–H groups in total. The minimum atomic E-state index is -0.211. The molecule has 8 heteroatoms. The molecule has 0 spiro atoms. The SMILES string of the molecule is COCCN1C[C@@H](C(=O)N2CCc3nc[nH]c(=O)c3C2)CCC1=O. The maximum Gasteiger partial charge on any atom is 0.255 e. The normalized spacial score (nSPS) is 20.9. The number of piperidine rings is 1. The fraction of sp³-hybridized carbons (Fsp3) is 0.625. The van der Waals surface area contributed by atoms with Crippen LogP contribution in [0.25, 0.3) is 0 Å². The number of carbonyl (C=O) groups is 2. The number of aromatic nitrogens is 2. The van der Waals surface area contributed by atoms with Crippen molar-refractivity contribution in [1.29, 1.82) is 0 Å². The molecule has 3 heterocycles. The fourth-order valence-corrected chi connectivity index (χ4v) is 3.33. The van der Waals surface area contributed by atoms with E-state index in [2.05, 4.69) is 9.97 Å². The number of nitrogens with zero attached hydrogens (tertiary/aromatic N) is 3. The Hall–Kier alpha value is -2.22. The standard InChI is InChI=1S/C16H22N4O4/c1-24-7-6-19-8-11(2-3-14(19)21)16(23)20-5-4-13-12(9-20)15(22)18-10-17-13/h10-11H,2-9H2,1H3,(H,17,18,22)/t11-/m0/s1. The quantitative estimate of drug-likeness (QED) is 0.804. The highest BCUT2D eigenvalue weighted by Gasteiger charge is 2.34. The summed E-state index contributed by atoms with van der Waals surface area (Å²) in [5, 5.41) is 0. The van der Waals surface area contributed by atoms with Crippen molar-refractivity contribution in [3.8, 4) is 0 Å². The number of aromatic amines is 1. The van der Waals surface area contributed by atoms with Crippen LogP contribution in [0.4, 0.5) is 0 Å². The van der Waals surface area contributed by atoms with Gasteiger partial charge < -0.3 is 19.5 Å². The summed E-state index contributed by atoms with van der Waals surface area (Å²) in [6, 6.07) is 0. The van der Waals surface area contributed by atoms with Crippen LogP contribution in [0.1, 0.15) is 24.1 Å². The zero-order chi connectivity index (χ0) is 17.1. The van der Waals surface area contributed by atoms with Crippen LogP contribution in [0.5, 0.6) is 0 Å². The molecule has 0 radical (unpaired) electrons. The van der Waals surface area contributed by atoms with Gasteiger partial charge in [-0.15, -0.1) is 0 Å². The molecule has 3 rings (SSSR count). The molecule has 2 aliphatic heterocycles. The summed E-state index contributed by atoms with van der Waals surface area (Å²) in [7, 11) is 1.59. The number of hydrogen-bond donors (Lipinski definition) is 1. The van der Waals surface area contributed by atoms with Crippen molar-refractivity contribution in [2.45, 2.75) is 25.8 Å². The zero-order valence-electron chi connectivity index (χ0n) is 13.8. The van der Waals surface area contributed by atoms with Gasteiger partial charge in [0.2, 0.25) is 11.8 Å². The molecule has 2 amide bonds. The number of fused-ring (bicyclic) bond motifs is 1. The summed E-state index contributed by atoms with van der Waals surface area (Å²) in [6.45, 7) is 2.24. The van der Waals surface area contributed by atoms with Gasteiger partial charge in [-0.2, -0.15) is 0 Å². The molecule has 130 valence electrons. The molecule has 0 unspecified atom stereocenters. The molecule has 24 heavy (non-hydrogen) atoms. The van der Waals surface area contributed by atoms with Crippen molar-refractivity contribution < 1.29 is 14.3 Å². The van der Waals surface area contributed by atoms with E-state index in [0.717, 1.165) is 5.69 Å². The molecule has 0 aliphatic carbocycles. The summed E-state index contributed by atoms with van der Waals surface area (Å²) in [5.74, 6) is -0.128. The second-order valence-corrected chi connectivity index (χ2v) is 6.23. The molecule has 2 aliphatic rings. The molecule has 0 saturated carbocycles. The lowest BCUT2D eigenvalue weighted by Gasteiger charge is -2.36. The lowest BCUT2D eigenvalue weighted by Crippen LogP contribution is -2.49. The second-order valence-electron chi connectivity index (χ2n) is 6.23. The number of carbonyl (C=O) groups excluding carboxylic acids is 2. The van der Waals surface area contributed by atoms with E-state index < -0.39 is 0 Å².